The number of fused-ring (bicyclic) bond motifs is 2. The Kier molecular flexibility index (Phi) is 4.34. The number of nitrogens with two attached hydrogens (primary N) is 1. The van der Waals surface area contributed by atoms with Crippen LogP contribution in [0.3, 0.4) is 0 Å². The van der Waals surface area contributed by atoms with Crippen LogP contribution < -0.4 is 10.6 Å². The van der Waals surface area contributed by atoms with Crippen molar-refractivity contribution in [1.82, 2.24) is 19.7 Å². The van der Waals surface area contributed by atoms with Crippen molar-refractivity contribution in [3.63, 3.8) is 0 Å². The molecule has 0 amide bonds. The first-order valence-corrected chi connectivity index (χ1v) is 10.5. The van der Waals surface area contributed by atoms with Gasteiger partial charge in [0.05, 0.1) is 27.5 Å². The van der Waals surface area contributed by atoms with E-state index in [2.05, 4.69) is 33.9 Å². The topological polar surface area (TPSA) is 85.2 Å². The van der Waals surface area contributed by atoms with Gasteiger partial charge in [-0.05, 0) is 36.9 Å². The van der Waals surface area contributed by atoms with Gasteiger partial charge < -0.3 is 5.73 Å². The number of hydrogen-bond acceptors (Lipinski definition) is 7. The fraction of sp³-hybridized carbons (Fsp3) is 0.143. The summed E-state index contributed by atoms with van der Waals surface area (Å²) in [5.74, 6) is 1.17. The molecule has 4 aromatic rings. The summed E-state index contributed by atoms with van der Waals surface area (Å²) in [5.41, 5.74) is 11.3. The van der Waals surface area contributed by atoms with E-state index in [-0.39, 0.29) is 0 Å². The maximum absolute atomic E-state index is 6.56. The molecule has 7 nitrogen and oxygen atoms in total. The van der Waals surface area contributed by atoms with Gasteiger partial charge in [-0.2, -0.15) is 5.10 Å². The molecular formula is C21H18ClN7S. The van der Waals surface area contributed by atoms with Gasteiger partial charge in [0, 0.05) is 5.56 Å². The zero-order valence-electron chi connectivity index (χ0n) is 16.4. The number of nitrogens with zero attached hydrogens (tertiary/aromatic N) is 6. The lowest BCUT2D eigenvalue weighted by Gasteiger charge is -2.32. The van der Waals surface area contributed by atoms with Crippen molar-refractivity contribution in [3.8, 4) is 0 Å². The summed E-state index contributed by atoms with van der Waals surface area (Å²) < 4.78 is 1.80. The fourth-order valence-electron chi connectivity index (χ4n) is 3.78. The molecule has 0 unspecified atom stereocenters. The highest BCUT2D eigenvalue weighted by atomic mass is 35.5. The normalized spacial score (nSPS) is 13.6. The van der Waals surface area contributed by atoms with Crippen LogP contribution in [-0.4, -0.2) is 25.6 Å². The molecular weight excluding hydrogens is 418 g/mol. The van der Waals surface area contributed by atoms with E-state index in [0.717, 1.165) is 44.4 Å². The number of benzene rings is 1. The van der Waals surface area contributed by atoms with Gasteiger partial charge in [-0.3, -0.25) is 4.90 Å². The van der Waals surface area contributed by atoms with Crippen molar-refractivity contribution in [2.45, 2.75) is 20.4 Å². The summed E-state index contributed by atoms with van der Waals surface area (Å²) in [4.78, 5) is 15.4. The second-order valence-electron chi connectivity index (χ2n) is 7.06. The van der Waals surface area contributed by atoms with Gasteiger partial charge in [0.2, 0.25) is 0 Å². The Hall–Kier alpha value is -3.23. The van der Waals surface area contributed by atoms with E-state index in [1.165, 1.54) is 6.33 Å². The second kappa shape index (κ2) is 6.93. The molecule has 1 aliphatic rings. The third-order valence-corrected chi connectivity index (χ3v) is 6.43. The lowest BCUT2D eigenvalue weighted by Crippen LogP contribution is -2.35. The molecule has 9 heteroatoms. The first-order valence-electron chi connectivity index (χ1n) is 9.29. The molecule has 5 rings (SSSR count). The SMILES string of the molecule is C=C1c2c(C)csc2N=C(Cn2nc(C)c3c(N)ncnc32)N1c1ccccc1Cl. The number of aromatic nitrogens is 4. The number of aryl methyl sites for hydroxylation is 2. The molecule has 2 N–H and O–H groups in total. The second-order valence-corrected chi connectivity index (χ2v) is 8.33. The monoisotopic (exact) mass is 435 g/mol. The third-order valence-electron chi connectivity index (χ3n) is 5.12. The number of hydrogen-bond donors (Lipinski definition) is 1. The van der Waals surface area contributed by atoms with Crippen LogP contribution in [0, 0.1) is 13.8 Å². The van der Waals surface area contributed by atoms with E-state index in [4.69, 9.17) is 22.3 Å². The number of aliphatic imine (C=N–C) groups is 1. The van der Waals surface area contributed by atoms with Crippen molar-refractivity contribution in [1.29, 1.82) is 0 Å². The van der Waals surface area contributed by atoms with E-state index in [1.54, 1.807) is 16.0 Å². The van der Waals surface area contributed by atoms with Gasteiger partial charge in [0.25, 0.3) is 0 Å². The summed E-state index contributed by atoms with van der Waals surface area (Å²) >= 11 is 8.16. The average molecular weight is 436 g/mol. The summed E-state index contributed by atoms with van der Waals surface area (Å²) in [6.45, 7) is 8.72. The van der Waals surface area contributed by atoms with E-state index in [0.29, 0.717) is 23.0 Å². The Morgan fingerprint density at radius 2 is 2.00 bits per heavy atom. The number of nitrogen functional groups attached to an aromatic ring is 1. The predicted octanol–water partition coefficient (Wildman–Crippen LogP) is 4.96. The van der Waals surface area contributed by atoms with Crippen LogP contribution in [0.4, 0.5) is 16.5 Å². The van der Waals surface area contributed by atoms with Crippen LogP contribution in [0.1, 0.15) is 16.8 Å². The van der Waals surface area contributed by atoms with Crippen molar-refractivity contribution in [2.75, 3.05) is 10.6 Å². The minimum atomic E-state index is 0.376. The number of anilines is 2. The highest BCUT2D eigenvalue weighted by Crippen LogP contribution is 2.44. The Bertz CT molecular complexity index is 1350. The predicted molar refractivity (Wildman–Crippen MR) is 124 cm³/mol. The van der Waals surface area contributed by atoms with Crippen molar-refractivity contribution < 1.29 is 0 Å². The third kappa shape index (κ3) is 2.79. The van der Waals surface area contributed by atoms with Crippen molar-refractivity contribution in [3.05, 3.63) is 64.4 Å². The summed E-state index contributed by atoms with van der Waals surface area (Å²) in [6, 6.07) is 7.67. The Morgan fingerprint density at radius 1 is 1.20 bits per heavy atom. The number of rotatable bonds is 3. The van der Waals surface area contributed by atoms with E-state index in [1.807, 2.05) is 36.1 Å². The minimum Gasteiger partial charge on any atom is -0.383 e. The fourth-order valence-corrected chi connectivity index (χ4v) is 4.96. The highest BCUT2D eigenvalue weighted by Gasteiger charge is 2.29. The van der Waals surface area contributed by atoms with Gasteiger partial charge in [0.1, 0.15) is 29.5 Å². The zero-order valence-corrected chi connectivity index (χ0v) is 18.0. The first-order chi connectivity index (χ1) is 14.5. The van der Waals surface area contributed by atoms with Gasteiger partial charge in [-0.15, -0.1) is 11.3 Å². The highest BCUT2D eigenvalue weighted by molar-refractivity contribution is 7.14. The summed E-state index contributed by atoms with van der Waals surface area (Å²) in [5, 5.41) is 9.04. The quantitative estimate of drug-likeness (QED) is 0.491. The van der Waals surface area contributed by atoms with Crippen molar-refractivity contribution >= 4 is 62.0 Å². The molecule has 0 saturated carbocycles. The van der Waals surface area contributed by atoms with Crippen LogP contribution in [0.25, 0.3) is 16.7 Å². The average Bonchev–Trinajstić information content (AvgIpc) is 3.24. The van der Waals surface area contributed by atoms with E-state index < -0.39 is 0 Å². The number of para-hydroxylation sites is 1. The Labute approximate surface area is 182 Å². The van der Waals surface area contributed by atoms with Gasteiger partial charge >= 0.3 is 0 Å². The van der Waals surface area contributed by atoms with E-state index >= 15 is 0 Å². The summed E-state index contributed by atoms with van der Waals surface area (Å²) in [7, 11) is 0. The number of halogens is 1. The molecule has 0 atom stereocenters. The molecule has 0 bridgehead atoms. The van der Waals surface area contributed by atoms with Crippen LogP contribution >= 0.6 is 22.9 Å². The first kappa shape index (κ1) is 18.8. The molecule has 0 radical (unpaired) electrons. The van der Waals surface area contributed by atoms with Gasteiger partial charge in [0.15, 0.2) is 5.65 Å². The summed E-state index contributed by atoms with van der Waals surface area (Å²) in [6.07, 6.45) is 1.45. The van der Waals surface area contributed by atoms with Crippen LogP contribution in [-0.2, 0) is 6.54 Å². The maximum Gasteiger partial charge on any atom is 0.164 e. The standard InChI is InChI=1S/C21H18ClN7S/c1-11-9-30-21-17(11)13(3)29(15-7-5-4-6-14(15)22)16(26-21)8-28-20-18(12(2)27-28)19(23)24-10-25-20/h4-7,9-10H,3,8H2,1-2H3,(H2,23,24,25). The number of amidine groups is 1. The van der Waals surface area contributed by atoms with Gasteiger partial charge in [-0.1, -0.05) is 30.3 Å². The molecule has 0 fully saturated rings. The molecule has 150 valence electrons. The zero-order chi connectivity index (χ0) is 21.0. The molecule has 1 aromatic carbocycles. The maximum atomic E-state index is 6.56. The lowest BCUT2D eigenvalue weighted by atomic mass is 10.1. The van der Waals surface area contributed by atoms with Crippen molar-refractivity contribution in [2.24, 2.45) is 4.99 Å². The van der Waals surface area contributed by atoms with Crippen LogP contribution in [0.2, 0.25) is 5.02 Å². The van der Waals surface area contributed by atoms with Crippen LogP contribution in [0.15, 0.2) is 47.5 Å². The minimum absolute atomic E-state index is 0.376. The molecule has 4 heterocycles. The Morgan fingerprint density at radius 3 is 2.80 bits per heavy atom. The van der Waals surface area contributed by atoms with Crippen LogP contribution in [0.5, 0.6) is 0 Å². The molecule has 1 aliphatic heterocycles. The smallest absolute Gasteiger partial charge is 0.164 e. The Balaban J connectivity index is 1.69. The molecule has 0 aliphatic carbocycles. The van der Waals surface area contributed by atoms with E-state index in [9.17, 15) is 0 Å². The molecule has 0 spiro atoms. The molecule has 0 saturated heterocycles. The largest absolute Gasteiger partial charge is 0.383 e. The van der Waals surface area contributed by atoms with Gasteiger partial charge in [-0.25, -0.2) is 19.6 Å². The lowest BCUT2D eigenvalue weighted by molar-refractivity contribution is 0.726. The molecule has 30 heavy (non-hydrogen) atoms. The molecule has 3 aromatic heterocycles. The number of thiophene rings is 1.